The van der Waals surface area contributed by atoms with Crippen LogP contribution in [0, 0.1) is 23.0 Å². The van der Waals surface area contributed by atoms with Crippen LogP contribution in [0.2, 0.25) is 0 Å². The number of nitro benzene ring substituents is 1. The summed E-state index contributed by atoms with van der Waals surface area (Å²) in [6, 6.07) is 5.32. The minimum absolute atomic E-state index is 0.152. The SMILES string of the molecule is Cc1cccc(N2CC[C@@H](C)[C@@H](O)C2)c1[N+](=O)[O-]. The zero-order valence-electron chi connectivity index (χ0n) is 10.7. The summed E-state index contributed by atoms with van der Waals surface area (Å²) in [5.74, 6) is 0.255. The van der Waals surface area contributed by atoms with E-state index in [0.29, 0.717) is 17.8 Å². The van der Waals surface area contributed by atoms with E-state index in [1.54, 1.807) is 19.1 Å². The smallest absolute Gasteiger partial charge is 0.295 e. The van der Waals surface area contributed by atoms with E-state index in [4.69, 9.17) is 0 Å². The molecule has 0 aromatic heterocycles. The molecule has 98 valence electrons. The van der Waals surface area contributed by atoms with Crippen LogP contribution < -0.4 is 4.90 Å². The van der Waals surface area contributed by atoms with Gasteiger partial charge in [-0.1, -0.05) is 19.1 Å². The third-order valence-corrected chi connectivity index (χ3v) is 3.66. The fourth-order valence-electron chi connectivity index (χ4n) is 2.40. The van der Waals surface area contributed by atoms with Crippen LogP contribution >= 0.6 is 0 Å². The maximum atomic E-state index is 11.1. The van der Waals surface area contributed by atoms with E-state index in [1.807, 2.05) is 17.9 Å². The van der Waals surface area contributed by atoms with Crippen molar-refractivity contribution in [2.24, 2.45) is 5.92 Å². The molecule has 0 spiro atoms. The number of β-amino-alcohol motifs (C(OH)–C–C–N with tert-alkyl or cyclic N) is 1. The number of nitro groups is 1. The highest BCUT2D eigenvalue weighted by Gasteiger charge is 2.29. The topological polar surface area (TPSA) is 66.6 Å². The molecule has 18 heavy (non-hydrogen) atoms. The summed E-state index contributed by atoms with van der Waals surface area (Å²) in [4.78, 5) is 12.7. The number of anilines is 1. The number of aliphatic hydroxyl groups is 1. The summed E-state index contributed by atoms with van der Waals surface area (Å²) in [5.41, 5.74) is 1.43. The zero-order valence-corrected chi connectivity index (χ0v) is 10.7. The largest absolute Gasteiger partial charge is 0.391 e. The summed E-state index contributed by atoms with van der Waals surface area (Å²) >= 11 is 0. The molecule has 2 rings (SSSR count). The maximum Gasteiger partial charge on any atom is 0.295 e. The molecule has 1 fully saturated rings. The second-order valence-corrected chi connectivity index (χ2v) is 4.98. The molecule has 1 saturated heterocycles. The molecule has 0 radical (unpaired) electrons. The Balaban J connectivity index is 2.34. The molecule has 0 amide bonds. The minimum atomic E-state index is -0.418. The predicted molar refractivity (Wildman–Crippen MR) is 69.8 cm³/mol. The number of piperidine rings is 1. The molecular weight excluding hydrogens is 232 g/mol. The lowest BCUT2D eigenvalue weighted by Gasteiger charge is -2.35. The van der Waals surface area contributed by atoms with Crippen molar-refractivity contribution >= 4 is 11.4 Å². The third-order valence-electron chi connectivity index (χ3n) is 3.66. The number of hydrogen-bond donors (Lipinski definition) is 1. The lowest BCUT2D eigenvalue weighted by Crippen LogP contribution is -2.43. The van der Waals surface area contributed by atoms with Gasteiger partial charge in [0, 0.05) is 18.7 Å². The molecule has 5 heteroatoms. The standard InChI is InChI=1S/C13H18N2O3/c1-9-6-7-14(8-12(9)16)11-5-3-4-10(2)13(11)15(17)18/h3-5,9,12,16H,6-8H2,1-2H3/t9-,12+/m1/s1. The van der Waals surface area contributed by atoms with E-state index < -0.39 is 6.10 Å². The number of aliphatic hydroxyl groups excluding tert-OH is 1. The minimum Gasteiger partial charge on any atom is -0.391 e. The highest BCUT2D eigenvalue weighted by atomic mass is 16.6. The Morgan fingerprint density at radius 3 is 2.83 bits per heavy atom. The van der Waals surface area contributed by atoms with Gasteiger partial charge in [0.1, 0.15) is 5.69 Å². The number of hydrogen-bond acceptors (Lipinski definition) is 4. The van der Waals surface area contributed by atoms with Gasteiger partial charge in [0.15, 0.2) is 0 Å². The first kappa shape index (κ1) is 12.8. The second kappa shape index (κ2) is 4.94. The first-order valence-electron chi connectivity index (χ1n) is 6.17. The van der Waals surface area contributed by atoms with Crippen molar-refractivity contribution in [1.29, 1.82) is 0 Å². The predicted octanol–water partition coefficient (Wildman–Crippen LogP) is 2.11. The van der Waals surface area contributed by atoms with Crippen LogP contribution in [0.1, 0.15) is 18.9 Å². The summed E-state index contributed by atoms with van der Waals surface area (Å²) in [6.45, 7) is 4.96. The Morgan fingerprint density at radius 1 is 1.50 bits per heavy atom. The van der Waals surface area contributed by atoms with Crippen LogP contribution in [-0.2, 0) is 0 Å². The number of rotatable bonds is 2. The fraction of sp³-hybridized carbons (Fsp3) is 0.538. The van der Waals surface area contributed by atoms with E-state index in [-0.39, 0.29) is 16.5 Å². The molecule has 1 aromatic rings. The number of aryl methyl sites for hydroxylation is 1. The number of benzene rings is 1. The van der Waals surface area contributed by atoms with Crippen molar-refractivity contribution in [3.8, 4) is 0 Å². The van der Waals surface area contributed by atoms with Crippen LogP contribution in [-0.4, -0.2) is 29.2 Å². The van der Waals surface area contributed by atoms with Crippen LogP contribution in [0.4, 0.5) is 11.4 Å². The van der Waals surface area contributed by atoms with Crippen molar-refractivity contribution in [2.45, 2.75) is 26.4 Å². The highest BCUT2D eigenvalue weighted by molar-refractivity contribution is 5.66. The van der Waals surface area contributed by atoms with E-state index >= 15 is 0 Å². The molecular formula is C13H18N2O3. The summed E-state index contributed by atoms with van der Waals surface area (Å²) in [5, 5.41) is 21.0. The molecule has 2 atom stereocenters. The fourth-order valence-corrected chi connectivity index (χ4v) is 2.40. The van der Waals surface area contributed by atoms with E-state index in [2.05, 4.69) is 0 Å². The molecule has 0 unspecified atom stereocenters. The normalized spacial score (nSPS) is 24.1. The van der Waals surface area contributed by atoms with Gasteiger partial charge < -0.3 is 10.0 Å². The molecule has 1 N–H and O–H groups in total. The van der Waals surface area contributed by atoms with Gasteiger partial charge in [0.2, 0.25) is 0 Å². The monoisotopic (exact) mass is 250 g/mol. The number of para-hydroxylation sites is 1. The van der Waals surface area contributed by atoms with E-state index in [0.717, 1.165) is 13.0 Å². The van der Waals surface area contributed by atoms with Crippen LogP contribution in [0.5, 0.6) is 0 Å². The molecule has 0 bridgehead atoms. The van der Waals surface area contributed by atoms with Gasteiger partial charge in [-0.05, 0) is 25.3 Å². The van der Waals surface area contributed by atoms with Crippen molar-refractivity contribution in [3.05, 3.63) is 33.9 Å². The zero-order chi connectivity index (χ0) is 13.3. The quantitative estimate of drug-likeness (QED) is 0.645. The first-order valence-corrected chi connectivity index (χ1v) is 6.17. The Kier molecular flexibility index (Phi) is 3.52. The Hall–Kier alpha value is -1.62. The van der Waals surface area contributed by atoms with Gasteiger partial charge in [0.25, 0.3) is 5.69 Å². The van der Waals surface area contributed by atoms with Gasteiger partial charge in [-0.15, -0.1) is 0 Å². The Labute approximate surface area is 106 Å². The van der Waals surface area contributed by atoms with E-state index in [9.17, 15) is 15.2 Å². The van der Waals surface area contributed by atoms with Crippen molar-refractivity contribution in [2.75, 3.05) is 18.0 Å². The van der Waals surface area contributed by atoms with Crippen molar-refractivity contribution in [3.63, 3.8) is 0 Å². The Morgan fingerprint density at radius 2 is 2.22 bits per heavy atom. The molecule has 0 aliphatic carbocycles. The maximum absolute atomic E-state index is 11.1. The van der Waals surface area contributed by atoms with Gasteiger partial charge in [0.05, 0.1) is 11.0 Å². The van der Waals surface area contributed by atoms with Gasteiger partial charge in [-0.3, -0.25) is 10.1 Å². The first-order chi connectivity index (χ1) is 8.50. The molecule has 0 saturated carbocycles. The van der Waals surface area contributed by atoms with Crippen molar-refractivity contribution in [1.82, 2.24) is 0 Å². The molecule has 1 aliphatic heterocycles. The van der Waals surface area contributed by atoms with Gasteiger partial charge in [-0.25, -0.2) is 0 Å². The third kappa shape index (κ3) is 2.31. The summed E-state index contributed by atoms with van der Waals surface area (Å²) < 4.78 is 0. The lowest BCUT2D eigenvalue weighted by atomic mass is 9.95. The lowest BCUT2D eigenvalue weighted by molar-refractivity contribution is -0.384. The summed E-state index contributed by atoms with van der Waals surface area (Å²) in [6.07, 6.45) is 0.436. The highest BCUT2D eigenvalue weighted by Crippen LogP contribution is 2.33. The molecule has 1 heterocycles. The van der Waals surface area contributed by atoms with Crippen molar-refractivity contribution < 1.29 is 10.0 Å². The van der Waals surface area contributed by atoms with Crippen LogP contribution in [0.3, 0.4) is 0 Å². The average Bonchev–Trinajstić information content (AvgIpc) is 2.32. The number of nitrogens with zero attached hydrogens (tertiary/aromatic N) is 2. The summed E-state index contributed by atoms with van der Waals surface area (Å²) in [7, 11) is 0. The molecule has 1 aliphatic rings. The van der Waals surface area contributed by atoms with E-state index in [1.165, 1.54) is 0 Å². The average molecular weight is 250 g/mol. The van der Waals surface area contributed by atoms with Gasteiger partial charge >= 0.3 is 0 Å². The molecule has 5 nitrogen and oxygen atoms in total. The van der Waals surface area contributed by atoms with Crippen LogP contribution in [0.15, 0.2) is 18.2 Å². The van der Waals surface area contributed by atoms with Crippen LogP contribution in [0.25, 0.3) is 0 Å². The Bertz CT molecular complexity index is 462. The van der Waals surface area contributed by atoms with Gasteiger partial charge in [-0.2, -0.15) is 0 Å². The second-order valence-electron chi connectivity index (χ2n) is 4.98. The molecule has 1 aromatic carbocycles.